The Morgan fingerprint density at radius 2 is 1.78 bits per heavy atom. The first-order valence-corrected chi connectivity index (χ1v) is 10.6. The summed E-state index contributed by atoms with van der Waals surface area (Å²) in [6.45, 7) is 0. The summed E-state index contributed by atoms with van der Waals surface area (Å²) >= 11 is 5.63. The fourth-order valence-electron chi connectivity index (χ4n) is 3.43. The highest BCUT2D eigenvalue weighted by Gasteiger charge is 2.23. The number of sulfonamides is 1. The van der Waals surface area contributed by atoms with Gasteiger partial charge >= 0.3 is 0 Å². The SMILES string of the molecule is O=C1CCC(c2ccc3c(c2)CCC3)=NN1.O=S1(=O)Nc2ccc1c(Cl)c2. The smallest absolute Gasteiger partial charge is 0.263 e. The predicted octanol–water partition coefficient (Wildman–Crippen LogP) is 3.24. The maximum atomic E-state index is 11.1. The molecule has 6 nitrogen and oxygen atoms in total. The zero-order valence-electron chi connectivity index (χ0n) is 14.5. The van der Waals surface area contributed by atoms with Crippen LogP contribution < -0.4 is 10.1 Å². The summed E-state index contributed by atoms with van der Waals surface area (Å²) in [5, 5.41) is 4.40. The van der Waals surface area contributed by atoms with Gasteiger partial charge in [-0.1, -0.05) is 23.7 Å². The Hall–Kier alpha value is -2.38. The number of rotatable bonds is 1. The average molecular weight is 404 g/mol. The third kappa shape index (κ3) is 3.70. The molecule has 0 aromatic heterocycles. The Labute approximate surface area is 162 Å². The number of nitrogens with one attached hydrogen (secondary N) is 2. The number of nitrogens with zero attached hydrogens (tertiary/aromatic N) is 1. The molecule has 140 valence electrons. The van der Waals surface area contributed by atoms with Crippen molar-refractivity contribution in [3.63, 3.8) is 0 Å². The normalized spacial score (nSPS) is 18.6. The van der Waals surface area contributed by atoms with E-state index < -0.39 is 10.0 Å². The lowest BCUT2D eigenvalue weighted by molar-refractivity contribution is -0.121. The van der Waals surface area contributed by atoms with Crippen LogP contribution in [0.4, 0.5) is 5.69 Å². The third-order valence-electron chi connectivity index (χ3n) is 4.81. The van der Waals surface area contributed by atoms with Gasteiger partial charge in [0.2, 0.25) is 5.91 Å². The number of hydrogen-bond donors (Lipinski definition) is 2. The van der Waals surface area contributed by atoms with Gasteiger partial charge in [0.05, 0.1) is 16.4 Å². The van der Waals surface area contributed by atoms with Crippen LogP contribution in [-0.4, -0.2) is 20.0 Å². The van der Waals surface area contributed by atoms with Gasteiger partial charge in [-0.15, -0.1) is 0 Å². The molecule has 2 bridgehead atoms. The van der Waals surface area contributed by atoms with Crippen LogP contribution in [0.1, 0.15) is 36.0 Å². The molecule has 0 radical (unpaired) electrons. The maximum Gasteiger partial charge on any atom is 0.263 e. The van der Waals surface area contributed by atoms with E-state index in [1.165, 1.54) is 42.0 Å². The minimum absolute atomic E-state index is 0.0184. The fourth-order valence-corrected chi connectivity index (χ4v) is 5.02. The Bertz CT molecular complexity index is 1060. The quantitative estimate of drug-likeness (QED) is 0.766. The van der Waals surface area contributed by atoms with Crippen molar-refractivity contribution in [2.24, 2.45) is 5.10 Å². The number of hydrazone groups is 1. The molecule has 2 aromatic carbocycles. The number of fused-ring (bicyclic) bond motifs is 4. The first kappa shape index (κ1) is 18.0. The molecule has 0 saturated carbocycles. The minimum Gasteiger partial charge on any atom is -0.280 e. The van der Waals surface area contributed by atoms with Crippen LogP contribution in [0.25, 0.3) is 0 Å². The molecule has 3 heterocycles. The standard InChI is InChI=1S/C13H14N2O.C6H4ClNO2S/c16-13-7-6-12(14-15-13)11-5-4-9-2-1-3-10(9)8-11;7-5-3-4-1-2-6(5)11(9,10)8-4/h4-5,8H,1-3,6-7H2,(H,15,16);1-3,8H. The molecule has 1 amide bonds. The van der Waals surface area contributed by atoms with Gasteiger partial charge in [0, 0.05) is 12.8 Å². The fraction of sp³-hybridized carbons (Fsp3) is 0.263. The van der Waals surface area contributed by atoms with Crippen LogP contribution in [0.3, 0.4) is 0 Å². The van der Waals surface area contributed by atoms with Gasteiger partial charge in [-0.25, -0.2) is 13.8 Å². The molecule has 4 aliphatic rings. The van der Waals surface area contributed by atoms with Crippen molar-refractivity contribution in [2.75, 3.05) is 4.72 Å². The molecule has 2 aromatic rings. The summed E-state index contributed by atoms with van der Waals surface area (Å²) in [6, 6.07) is 11.3. The highest BCUT2D eigenvalue weighted by Crippen LogP contribution is 2.31. The third-order valence-corrected chi connectivity index (χ3v) is 6.67. The van der Waals surface area contributed by atoms with Crippen molar-refractivity contribution in [2.45, 2.75) is 37.0 Å². The van der Waals surface area contributed by atoms with Gasteiger partial charge in [-0.05, 0) is 60.2 Å². The molecular weight excluding hydrogens is 386 g/mol. The van der Waals surface area contributed by atoms with E-state index in [2.05, 4.69) is 33.4 Å². The Morgan fingerprint density at radius 1 is 0.963 bits per heavy atom. The van der Waals surface area contributed by atoms with E-state index in [0.717, 1.165) is 12.1 Å². The van der Waals surface area contributed by atoms with Gasteiger partial charge < -0.3 is 0 Å². The van der Waals surface area contributed by atoms with E-state index in [1.54, 1.807) is 12.1 Å². The molecule has 1 aliphatic carbocycles. The molecule has 3 aliphatic heterocycles. The van der Waals surface area contributed by atoms with Crippen molar-refractivity contribution in [3.8, 4) is 0 Å². The van der Waals surface area contributed by atoms with E-state index in [4.69, 9.17) is 11.6 Å². The second-order valence-corrected chi connectivity index (χ2v) is 8.74. The average Bonchev–Trinajstić information content (AvgIpc) is 3.09. The Kier molecular flexibility index (Phi) is 4.65. The van der Waals surface area contributed by atoms with Crippen molar-refractivity contribution in [1.29, 1.82) is 0 Å². The highest BCUT2D eigenvalue weighted by molar-refractivity contribution is 7.93. The molecule has 0 saturated heterocycles. The number of aryl methyl sites for hydroxylation is 2. The largest absolute Gasteiger partial charge is 0.280 e. The van der Waals surface area contributed by atoms with Gasteiger partial charge in [-0.3, -0.25) is 9.52 Å². The minimum atomic E-state index is -3.33. The van der Waals surface area contributed by atoms with Gasteiger partial charge in [0.25, 0.3) is 10.0 Å². The molecule has 6 rings (SSSR count). The Morgan fingerprint density at radius 3 is 2.41 bits per heavy atom. The molecule has 2 N–H and O–H groups in total. The van der Waals surface area contributed by atoms with E-state index in [-0.39, 0.29) is 15.8 Å². The molecule has 0 unspecified atom stereocenters. The van der Waals surface area contributed by atoms with Crippen LogP contribution in [-0.2, 0) is 27.7 Å². The lowest BCUT2D eigenvalue weighted by Crippen LogP contribution is -2.25. The topological polar surface area (TPSA) is 87.6 Å². The van der Waals surface area contributed by atoms with Crippen LogP contribution in [0.5, 0.6) is 0 Å². The monoisotopic (exact) mass is 403 g/mol. The summed E-state index contributed by atoms with van der Waals surface area (Å²) in [5.41, 5.74) is 8.17. The summed E-state index contributed by atoms with van der Waals surface area (Å²) < 4.78 is 24.5. The van der Waals surface area contributed by atoms with E-state index in [0.29, 0.717) is 12.1 Å². The first-order chi connectivity index (χ1) is 12.9. The van der Waals surface area contributed by atoms with Gasteiger partial charge in [0.15, 0.2) is 0 Å². The molecule has 0 atom stereocenters. The van der Waals surface area contributed by atoms with E-state index in [9.17, 15) is 13.2 Å². The van der Waals surface area contributed by atoms with Crippen molar-refractivity contribution in [1.82, 2.24) is 5.43 Å². The summed E-state index contributed by atoms with van der Waals surface area (Å²) in [4.78, 5) is 11.2. The first-order valence-electron chi connectivity index (χ1n) is 8.72. The molecule has 0 spiro atoms. The van der Waals surface area contributed by atoms with Crippen LogP contribution in [0.15, 0.2) is 46.4 Å². The molecule has 8 heteroatoms. The lowest BCUT2D eigenvalue weighted by atomic mass is 10.00. The summed E-state index contributed by atoms with van der Waals surface area (Å²) in [5.74, 6) is 0.0184. The van der Waals surface area contributed by atoms with E-state index >= 15 is 0 Å². The number of hydrogen-bond acceptors (Lipinski definition) is 4. The zero-order valence-corrected chi connectivity index (χ0v) is 16.0. The number of carbonyl (C=O) groups excluding carboxylic acids is 1. The van der Waals surface area contributed by atoms with Gasteiger partial charge in [0.1, 0.15) is 4.90 Å². The Balaban J connectivity index is 0.000000143. The van der Waals surface area contributed by atoms with Crippen molar-refractivity contribution >= 4 is 38.9 Å². The van der Waals surface area contributed by atoms with Crippen LogP contribution in [0, 0.1) is 0 Å². The predicted molar refractivity (Wildman–Crippen MR) is 105 cm³/mol. The molecule has 0 fully saturated rings. The second-order valence-electron chi connectivity index (χ2n) is 6.68. The number of anilines is 1. The van der Waals surface area contributed by atoms with Crippen LogP contribution >= 0.6 is 11.6 Å². The lowest BCUT2D eigenvalue weighted by Gasteiger charge is -2.15. The summed E-state index contributed by atoms with van der Waals surface area (Å²) in [7, 11) is -3.33. The van der Waals surface area contributed by atoms with Gasteiger partial charge in [-0.2, -0.15) is 5.10 Å². The number of carbonyl (C=O) groups is 1. The van der Waals surface area contributed by atoms with Crippen molar-refractivity contribution in [3.05, 3.63) is 58.1 Å². The van der Waals surface area contributed by atoms with Crippen LogP contribution in [0.2, 0.25) is 5.02 Å². The summed E-state index contributed by atoms with van der Waals surface area (Å²) in [6.07, 6.45) is 4.96. The molecular formula is C19H18ClN3O3S. The molecule has 27 heavy (non-hydrogen) atoms. The highest BCUT2D eigenvalue weighted by atomic mass is 35.5. The number of benzene rings is 2. The van der Waals surface area contributed by atoms with Crippen molar-refractivity contribution < 1.29 is 13.2 Å². The number of halogens is 1. The maximum absolute atomic E-state index is 11.1. The zero-order chi connectivity index (χ0) is 19.0. The number of amides is 1. The van der Waals surface area contributed by atoms with E-state index in [1.807, 2.05) is 0 Å². The second kappa shape index (κ2) is 6.98.